The van der Waals surface area contributed by atoms with Gasteiger partial charge in [-0.25, -0.2) is 0 Å². The molecule has 1 saturated carbocycles. The first-order valence-corrected chi connectivity index (χ1v) is 4.78. The van der Waals surface area contributed by atoms with Gasteiger partial charge in [-0.15, -0.1) is 0 Å². The van der Waals surface area contributed by atoms with Gasteiger partial charge in [-0.05, 0) is 12.8 Å². The molecule has 1 fully saturated rings. The van der Waals surface area contributed by atoms with E-state index in [4.69, 9.17) is 0 Å². The molecule has 1 atom stereocenters. The Morgan fingerprint density at radius 2 is 1.93 bits per heavy atom. The van der Waals surface area contributed by atoms with Crippen molar-refractivity contribution >= 4 is 5.97 Å². The number of benzene rings is 1. The molecule has 0 bridgehead atoms. The molecular formula is C11H13NO2. The molecule has 1 aromatic rings. The summed E-state index contributed by atoms with van der Waals surface area (Å²) in [7, 11) is 0. The Bertz CT molecular complexity index is 346. The summed E-state index contributed by atoms with van der Waals surface area (Å²) >= 11 is 0. The lowest BCUT2D eigenvalue weighted by Crippen LogP contribution is -2.78. The van der Waals surface area contributed by atoms with Crippen molar-refractivity contribution in [3.05, 3.63) is 35.9 Å². The van der Waals surface area contributed by atoms with Crippen LogP contribution in [0.1, 0.15) is 18.4 Å². The van der Waals surface area contributed by atoms with Crippen LogP contribution < -0.4 is 10.8 Å². The fourth-order valence-corrected chi connectivity index (χ4v) is 1.83. The van der Waals surface area contributed by atoms with Crippen LogP contribution in [0.2, 0.25) is 0 Å². The monoisotopic (exact) mass is 191 g/mol. The van der Waals surface area contributed by atoms with E-state index in [1.54, 1.807) is 12.1 Å². The fraction of sp³-hybridized carbons (Fsp3) is 0.364. The number of carboxylic acid groups (broad SMARTS) is 1. The molecule has 3 heteroatoms. The molecule has 0 unspecified atom stereocenters. The average molecular weight is 191 g/mol. The zero-order valence-electron chi connectivity index (χ0n) is 7.90. The predicted molar refractivity (Wildman–Crippen MR) is 48.7 cm³/mol. The molecule has 74 valence electrons. The molecule has 3 nitrogen and oxygen atoms in total. The molecule has 0 heterocycles. The summed E-state index contributed by atoms with van der Waals surface area (Å²) in [6.45, 7) is 0. The minimum Gasteiger partial charge on any atom is -0.543 e. The predicted octanol–water partition coefficient (Wildman–Crippen LogP) is -0.716. The molecule has 0 spiro atoms. The number of aliphatic carboxylic acids is 1. The lowest BCUT2D eigenvalue weighted by atomic mass is 9.86. The van der Waals surface area contributed by atoms with E-state index >= 15 is 0 Å². The SMILES string of the molecule is [NH3+][C@](C(=O)[O-])(c1ccccc1)C1CC1. The van der Waals surface area contributed by atoms with E-state index < -0.39 is 11.5 Å². The normalized spacial score (nSPS) is 20.1. The van der Waals surface area contributed by atoms with E-state index in [-0.39, 0.29) is 5.92 Å². The van der Waals surface area contributed by atoms with Gasteiger partial charge in [0.15, 0.2) is 5.54 Å². The summed E-state index contributed by atoms with van der Waals surface area (Å²) < 4.78 is 0. The van der Waals surface area contributed by atoms with E-state index in [2.05, 4.69) is 5.73 Å². The number of carboxylic acids is 1. The second-order valence-corrected chi connectivity index (χ2v) is 3.90. The highest BCUT2D eigenvalue weighted by Crippen LogP contribution is 2.42. The van der Waals surface area contributed by atoms with Crippen molar-refractivity contribution in [1.82, 2.24) is 0 Å². The maximum absolute atomic E-state index is 11.1. The van der Waals surface area contributed by atoms with Crippen molar-refractivity contribution in [1.29, 1.82) is 0 Å². The van der Waals surface area contributed by atoms with Crippen molar-refractivity contribution in [2.45, 2.75) is 18.4 Å². The number of quaternary nitrogens is 1. The smallest absolute Gasteiger partial charge is 0.163 e. The average Bonchev–Trinajstić information content (AvgIpc) is 3.01. The summed E-state index contributed by atoms with van der Waals surface area (Å²) in [5.74, 6) is -0.916. The van der Waals surface area contributed by atoms with E-state index in [0.717, 1.165) is 18.4 Å². The third kappa shape index (κ3) is 1.30. The molecule has 0 radical (unpaired) electrons. The van der Waals surface area contributed by atoms with Gasteiger partial charge in [0.2, 0.25) is 0 Å². The zero-order chi connectivity index (χ0) is 10.2. The minimum atomic E-state index is -1.06. The van der Waals surface area contributed by atoms with Gasteiger partial charge in [-0.1, -0.05) is 30.3 Å². The van der Waals surface area contributed by atoms with Crippen LogP contribution in [0, 0.1) is 5.92 Å². The molecule has 0 saturated heterocycles. The van der Waals surface area contributed by atoms with Gasteiger partial charge < -0.3 is 15.6 Å². The molecule has 1 aliphatic carbocycles. The Balaban J connectivity index is 2.41. The summed E-state index contributed by atoms with van der Waals surface area (Å²) in [5, 5.41) is 11.1. The van der Waals surface area contributed by atoms with Gasteiger partial charge >= 0.3 is 0 Å². The van der Waals surface area contributed by atoms with Gasteiger partial charge in [0, 0.05) is 11.5 Å². The Labute approximate surface area is 82.5 Å². The molecule has 0 amide bonds. The first kappa shape index (κ1) is 9.21. The molecule has 1 aliphatic rings. The van der Waals surface area contributed by atoms with Crippen molar-refractivity contribution < 1.29 is 15.6 Å². The minimum absolute atomic E-state index is 0.148. The van der Waals surface area contributed by atoms with Crippen LogP contribution in [0.5, 0.6) is 0 Å². The van der Waals surface area contributed by atoms with Crippen molar-refractivity contribution in [3.8, 4) is 0 Å². The molecule has 0 aromatic heterocycles. The van der Waals surface area contributed by atoms with Crippen LogP contribution in [0.3, 0.4) is 0 Å². The van der Waals surface area contributed by atoms with Gasteiger partial charge in [0.25, 0.3) is 0 Å². The van der Waals surface area contributed by atoms with E-state index in [9.17, 15) is 9.90 Å². The highest BCUT2D eigenvalue weighted by atomic mass is 16.4. The van der Waals surface area contributed by atoms with Crippen molar-refractivity contribution in [3.63, 3.8) is 0 Å². The highest BCUT2D eigenvalue weighted by molar-refractivity contribution is 5.77. The molecular weight excluding hydrogens is 178 g/mol. The summed E-state index contributed by atoms with van der Waals surface area (Å²) in [6, 6.07) is 9.15. The van der Waals surface area contributed by atoms with Crippen LogP contribution in [0.25, 0.3) is 0 Å². The molecule has 14 heavy (non-hydrogen) atoms. The fourth-order valence-electron chi connectivity index (χ4n) is 1.83. The maximum atomic E-state index is 11.1. The number of hydrogen-bond acceptors (Lipinski definition) is 2. The summed E-state index contributed by atoms with van der Waals surface area (Å²) in [4.78, 5) is 11.1. The van der Waals surface area contributed by atoms with E-state index in [1.165, 1.54) is 0 Å². The van der Waals surface area contributed by atoms with Gasteiger partial charge in [-0.3, -0.25) is 0 Å². The Kier molecular flexibility index (Phi) is 2.04. The first-order chi connectivity index (χ1) is 6.65. The van der Waals surface area contributed by atoms with Gasteiger partial charge in [-0.2, -0.15) is 0 Å². The number of rotatable bonds is 3. The van der Waals surface area contributed by atoms with E-state index in [1.807, 2.05) is 18.2 Å². The quantitative estimate of drug-likeness (QED) is 0.685. The lowest BCUT2D eigenvalue weighted by molar-refractivity contribution is -0.501. The molecule has 0 aliphatic heterocycles. The van der Waals surface area contributed by atoms with Crippen molar-refractivity contribution in [2.24, 2.45) is 5.92 Å². The standard InChI is InChI=1S/C11H13NO2/c12-11(10(13)14,9-6-7-9)8-4-2-1-3-5-8/h1-5,9H,6-7,12H2,(H,13,14)/t11-/m1/s1. The molecule has 3 N–H and O–H groups in total. The summed E-state index contributed by atoms with van der Waals surface area (Å²) in [6.07, 6.45) is 1.87. The topological polar surface area (TPSA) is 67.8 Å². The van der Waals surface area contributed by atoms with Crippen LogP contribution in [-0.4, -0.2) is 5.97 Å². The Morgan fingerprint density at radius 1 is 1.36 bits per heavy atom. The van der Waals surface area contributed by atoms with Crippen LogP contribution in [-0.2, 0) is 10.3 Å². The lowest BCUT2D eigenvalue weighted by Gasteiger charge is -2.27. The second-order valence-electron chi connectivity index (χ2n) is 3.90. The summed E-state index contributed by atoms with van der Waals surface area (Å²) in [5.41, 5.74) is 3.55. The Morgan fingerprint density at radius 3 is 2.36 bits per heavy atom. The van der Waals surface area contributed by atoms with E-state index in [0.29, 0.717) is 0 Å². The third-order valence-corrected chi connectivity index (χ3v) is 2.93. The maximum Gasteiger partial charge on any atom is 0.163 e. The number of carbonyl (C=O) groups is 1. The van der Waals surface area contributed by atoms with Crippen LogP contribution >= 0.6 is 0 Å². The first-order valence-electron chi connectivity index (χ1n) is 4.78. The zero-order valence-corrected chi connectivity index (χ0v) is 7.90. The largest absolute Gasteiger partial charge is 0.543 e. The van der Waals surface area contributed by atoms with Gasteiger partial charge in [0.05, 0.1) is 0 Å². The number of carbonyl (C=O) groups excluding carboxylic acids is 1. The second kappa shape index (κ2) is 3.10. The molecule has 2 rings (SSSR count). The Hall–Kier alpha value is -1.35. The number of hydrogen-bond donors (Lipinski definition) is 1. The van der Waals surface area contributed by atoms with Crippen LogP contribution in [0.4, 0.5) is 0 Å². The highest BCUT2D eigenvalue weighted by Gasteiger charge is 2.48. The molecule has 1 aromatic carbocycles. The van der Waals surface area contributed by atoms with Gasteiger partial charge in [0.1, 0.15) is 5.97 Å². The van der Waals surface area contributed by atoms with Crippen molar-refractivity contribution in [2.75, 3.05) is 0 Å². The van der Waals surface area contributed by atoms with Crippen LogP contribution in [0.15, 0.2) is 30.3 Å². The third-order valence-electron chi connectivity index (χ3n) is 2.93.